The number of aromatic nitrogens is 3. The monoisotopic (exact) mass is 545 g/mol. The van der Waals surface area contributed by atoms with Crippen molar-refractivity contribution in [1.82, 2.24) is 14.1 Å². The van der Waals surface area contributed by atoms with Gasteiger partial charge in [0.05, 0.1) is 13.2 Å². The van der Waals surface area contributed by atoms with Crippen LogP contribution < -0.4 is 11.2 Å². The number of benzene rings is 1. The first-order chi connectivity index (χ1) is 16.7. The summed E-state index contributed by atoms with van der Waals surface area (Å²) in [6.07, 6.45) is -2.86. The number of nitrogens with zero attached hydrogens (tertiary/aromatic N) is 3. The van der Waals surface area contributed by atoms with Gasteiger partial charge in [0.1, 0.15) is 23.3 Å². The highest BCUT2D eigenvalue weighted by atomic mass is 32.1. The molecule has 0 radical (unpaired) electrons. The maximum Gasteiger partial charge on any atom is 0.337 e. The Balaban J connectivity index is 1.51. The number of rotatable bonds is 9. The SMILES string of the molecule is O=c1ccn(C2OC(COP(O)OP(O)O)C(O)C2O)c(=O)n1Cc1cnc(-c2ccccc2)s1. The molecule has 1 aliphatic heterocycles. The molecule has 188 valence electrons. The lowest BCUT2D eigenvalue weighted by molar-refractivity contribution is -0.0530. The van der Waals surface area contributed by atoms with Gasteiger partial charge in [0.2, 0.25) is 0 Å². The Labute approximate surface area is 204 Å². The van der Waals surface area contributed by atoms with E-state index >= 15 is 0 Å². The van der Waals surface area contributed by atoms with E-state index in [4.69, 9.17) is 19.0 Å². The molecule has 5 N–H and O–H groups in total. The minimum Gasteiger partial charge on any atom is -0.387 e. The molecule has 0 amide bonds. The van der Waals surface area contributed by atoms with Gasteiger partial charge in [0.25, 0.3) is 5.56 Å². The highest BCUT2D eigenvalue weighted by molar-refractivity contribution is 7.54. The summed E-state index contributed by atoms with van der Waals surface area (Å²) in [6, 6.07) is 10.6. The van der Waals surface area contributed by atoms with Crippen LogP contribution in [0.2, 0.25) is 0 Å². The Hall–Kier alpha value is -1.93. The van der Waals surface area contributed by atoms with Gasteiger partial charge in [-0.25, -0.2) is 14.1 Å². The lowest BCUT2D eigenvalue weighted by Gasteiger charge is -2.18. The van der Waals surface area contributed by atoms with Crippen molar-refractivity contribution in [1.29, 1.82) is 0 Å². The third-order valence-electron chi connectivity index (χ3n) is 5.09. The zero-order valence-electron chi connectivity index (χ0n) is 17.8. The van der Waals surface area contributed by atoms with Gasteiger partial charge < -0.3 is 34.2 Å². The van der Waals surface area contributed by atoms with E-state index in [0.29, 0.717) is 4.88 Å². The van der Waals surface area contributed by atoms with Crippen molar-refractivity contribution >= 4 is 28.5 Å². The first-order valence-electron chi connectivity index (χ1n) is 10.1. The molecule has 1 aromatic carbocycles. The number of hydrogen-bond acceptors (Lipinski definition) is 12. The summed E-state index contributed by atoms with van der Waals surface area (Å²) >= 11 is 1.33. The van der Waals surface area contributed by atoms with Crippen molar-refractivity contribution in [2.45, 2.75) is 31.1 Å². The lowest BCUT2D eigenvalue weighted by Crippen LogP contribution is -2.43. The summed E-state index contributed by atoms with van der Waals surface area (Å²) in [4.78, 5) is 57.5. The highest BCUT2D eigenvalue weighted by Gasteiger charge is 2.44. The van der Waals surface area contributed by atoms with Gasteiger partial charge >= 0.3 is 22.9 Å². The van der Waals surface area contributed by atoms with Crippen LogP contribution in [0.4, 0.5) is 0 Å². The van der Waals surface area contributed by atoms with E-state index in [9.17, 15) is 24.7 Å². The third kappa shape index (κ3) is 6.08. The summed E-state index contributed by atoms with van der Waals surface area (Å²) in [5.74, 6) is 0. The summed E-state index contributed by atoms with van der Waals surface area (Å²) in [6.45, 7) is -0.532. The number of aliphatic hydroxyl groups excluding tert-OH is 2. The Bertz CT molecular complexity index is 1250. The van der Waals surface area contributed by atoms with Gasteiger partial charge in [-0.2, -0.15) is 0 Å². The second kappa shape index (κ2) is 11.4. The lowest BCUT2D eigenvalue weighted by atomic mass is 10.1. The standard InChI is InChI=1S/C19H21N3O10P2S/c23-14-6-7-21(18-16(25)15(24)13(31-18)10-30-34(29)32-33(27)28)19(26)22(14)9-12-8-20-17(35-12)11-4-2-1-3-5-11/h1-8,13,15-16,18,24-25,27-29H,9-10H2. The van der Waals surface area contributed by atoms with Crippen LogP contribution in [0.5, 0.6) is 0 Å². The van der Waals surface area contributed by atoms with Crippen molar-refractivity contribution in [2.75, 3.05) is 6.61 Å². The van der Waals surface area contributed by atoms with E-state index in [0.717, 1.165) is 32.0 Å². The fourth-order valence-corrected chi connectivity index (χ4v) is 5.31. The maximum atomic E-state index is 13.1. The van der Waals surface area contributed by atoms with Crippen LogP contribution in [0, 0.1) is 0 Å². The highest BCUT2D eigenvalue weighted by Crippen LogP contribution is 2.46. The summed E-state index contributed by atoms with van der Waals surface area (Å²) < 4.78 is 16.7. The van der Waals surface area contributed by atoms with E-state index < -0.39 is 59.6 Å². The van der Waals surface area contributed by atoms with Gasteiger partial charge in [-0.05, 0) is 0 Å². The molecule has 0 aliphatic carbocycles. The number of ether oxygens (including phenoxy) is 1. The van der Waals surface area contributed by atoms with Crippen LogP contribution in [-0.2, 0) is 20.1 Å². The normalized spacial score (nSPS) is 23.1. The van der Waals surface area contributed by atoms with Crippen LogP contribution in [0.3, 0.4) is 0 Å². The van der Waals surface area contributed by atoms with Crippen LogP contribution in [-0.4, -0.2) is 63.9 Å². The van der Waals surface area contributed by atoms with Crippen molar-refractivity contribution in [3.8, 4) is 10.6 Å². The average Bonchev–Trinajstić information content (AvgIpc) is 3.41. The molecule has 1 fully saturated rings. The minimum atomic E-state index is -2.85. The van der Waals surface area contributed by atoms with Crippen molar-refractivity contribution < 1.29 is 38.5 Å². The molecule has 13 nitrogen and oxygen atoms in total. The second-order valence-corrected chi connectivity index (χ2v) is 10.3. The molecule has 0 spiro atoms. The van der Waals surface area contributed by atoms with E-state index in [1.807, 2.05) is 30.3 Å². The van der Waals surface area contributed by atoms with E-state index in [-0.39, 0.29) is 6.54 Å². The Morgan fingerprint density at radius 1 is 1.09 bits per heavy atom. The largest absolute Gasteiger partial charge is 0.387 e. The summed E-state index contributed by atoms with van der Waals surface area (Å²) in [5.41, 5.74) is -0.442. The molecule has 1 aliphatic rings. The quantitative estimate of drug-likeness (QED) is 0.232. The van der Waals surface area contributed by atoms with Gasteiger partial charge in [-0.15, -0.1) is 11.3 Å². The fourth-order valence-electron chi connectivity index (χ4n) is 3.44. The second-order valence-electron chi connectivity index (χ2n) is 7.34. The molecule has 0 saturated carbocycles. The first kappa shape index (κ1) is 26.1. The van der Waals surface area contributed by atoms with Crippen LogP contribution in [0.1, 0.15) is 11.1 Å². The molecular weight excluding hydrogens is 524 g/mol. The Kier molecular flexibility index (Phi) is 8.53. The van der Waals surface area contributed by atoms with Crippen LogP contribution >= 0.6 is 28.5 Å². The van der Waals surface area contributed by atoms with Gasteiger partial charge in [-0.1, -0.05) is 30.3 Å². The smallest absolute Gasteiger partial charge is 0.337 e. The van der Waals surface area contributed by atoms with Crippen molar-refractivity contribution in [3.05, 3.63) is 74.5 Å². The Morgan fingerprint density at radius 2 is 1.83 bits per heavy atom. The number of hydrogen-bond donors (Lipinski definition) is 5. The third-order valence-corrected chi connectivity index (χ3v) is 7.63. The average molecular weight is 545 g/mol. The molecule has 35 heavy (non-hydrogen) atoms. The van der Waals surface area contributed by atoms with Gasteiger partial charge in [0.15, 0.2) is 6.23 Å². The van der Waals surface area contributed by atoms with Crippen molar-refractivity contribution in [2.24, 2.45) is 0 Å². The number of thiazole rings is 1. The maximum absolute atomic E-state index is 13.1. The molecule has 1 saturated heterocycles. The van der Waals surface area contributed by atoms with E-state index in [1.165, 1.54) is 11.3 Å². The minimum absolute atomic E-state index is 0.0572. The zero-order valence-corrected chi connectivity index (χ0v) is 20.4. The van der Waals surface area contributed by atoms with Crippen LogP contribution in [0.15, 0.2) is 58.4 Å². The molecule has 5 atom stereocenters. The van der Waals surface area contributed by atoms with E-state index in [1.54, 1.807) is 6.20 Å². The molecule has 16 heteroatoms. The Morgan fingerprint density at radius 3 is 2.54 bits per heavy atom. The summed E-state index contributed by atoms with van der Waals surface area (Å²) in [5, 5.41) is 21.5. The fraction of sp³-hybridized carbons (Fsp3) is 0.316. The first-order valence-corrected chi connectivity index (χ1v) is 13.2. The van der Waals surface area contributed by atoms with Crippen LogP contribution in [0.25, 0.3) is 10.6 Å². The van der Waals surface area contributed by atoms with E-state index in [2.05, 4.69) is 9.29 Å². The molecular formula is C19H21N3O10P2S. The molecule has 4 rings (SSSR count). The van der Waals surface area contributed by atoms with Crippen molar-refractivity contribution in [3.63, 3.8) is 0 Å². The number of aliphatic hydroxyl groups is 2. The molecule has 2 aromatic heterocycles. The summed E-state index contributed by atoms with van der Waals surface area (Å²) in [7, 11) is -5.51. The predicted octanol–water partition coefficient (Wildman–Crippen LogP) is 0.265. The molecule has 3 heterocycles. The molecule has 0 bridgehead atoms. The predicted molar refractivity (Wildman–Crippen MR) is 125 cm³/mol. The molecule has 3 aromatic rings. The van der Waals surface area contributed by atoms with Gasteiger partial charge in [-0.3, -0.25) is 13.9 Å². The molecule has 5 unspecified atom stereocenters. The van der Waals surface area contributed by atoms with Gasteiger partial charge in [0, 0.05) is 28.9 Å². The zero-order chi connectivity index (χ0) is 25.1. The topological polar surface area (TPSA) is 186 Å².